The molecule has 0 spiro atoms. The van der Waals surface area contributed by atoms with E-state index in [0.717, 1.165) is 18.1 Å². The van der Waals surface area contributed by atoms with Crippen molar-refractivity contribution in [3.05, 3.63) is 0 Å². The minimum absolute atomic E-state index is 0.887. The summed E-state index contributed by atoms with van der Waals surface area (Å²) in [5.41, 5.74) is 0. The maximum absolute atomic E-state index is 2.84. The van der Waals surface area contributed by atoms with E-state index in [2.05, 4.69) is 14.7 Å². The van der Waals surface area contributed by atoms with Crippen LogP contribution in [0.5, 0.6) is 0 Å². The molecule has 4 rings (SSSR count). The predicted octanol–water partition coefficient (Wildman–Crippen LogP) is 3.61. The van der Waals surface area contributed by atoms with Crippen LogP contribution in [-0.4, -0.2) is 52.8 Å². The highest BCUT2D eigenvalue weighted by molar-refractivity contribution is 4.88. The molecule has 3 aliphatic carbocycles. The Morgan fingerprint density at radius 2 is 0.619 bits per heavy atom. The molecule has 0 bridgehead atoms. The number of rotatable bonds is 3. The average molecular weight is 291 g/mol. The Morgan fingerprint density at radius 3 is 0.857 bits per heavy atom. The van der Waals surface area contributed by atoms with E-state index in [1.807, 2.05) is 0 Å². The molecule has 0 radical (unpaired) electrons. The van der Waals surface area contributed by atoms with E-state index in [1.165, 1.54) is 97.1 Å². The molecule has 3 heteroatoms. The topological polar surface area (TPSA) is 9.72 Å². The first-order valence-electron chi connectivity index (χ1n) is 9.62. The van der Waals surface area contributed by atoms with Crippen molar-refractivity contribution in [1.82, 2.24) is 14.7 Å². The highest BCUT2D eigenvalue weighted by Gasteiger charge is 2.36. The lowest BCUT2D eigenvalue weighted by atomic mass is 10.1. The van der Waals surface area contributed by atoms with Crippen LogP contribution in [0.1, 0.15) is 77.0 Å². The van der Waals surface area contributed by atoms with Crippen LogP contribution in [0.2, 0.25) is 0 Å². The van der Waals surface area contributed by atoms with Crippen LogP contribution in [-0.2, 0) is 0 Å². The summed E-state index contributed by atoms with van der Waals surface area (Å²) in [4.78, 5) is 8.52. The fourth-order valence-corrected chi connectivity index (χ4v) is 5.34. The van der Waals surface area contributed by atoms with Crippen LogP contribution < -0.4 is 0 Å². The van der Waals surface area contributed by atoms with Crippen molar-refractivity contribution >= 4 is 0 Å². The summed E-state index contributed by atoms with van der Waals surface area (Å²) in [6.45, 7) is 3.79. The molecule has 0 aromatic heterocycles. The second-order valence-electron chi connectivity index (χ2n) is 8.01. The summed E-state index contributed by atoms with van der Waals surface area (Å²) in [7, 11) is 0. The fraction of sp³-hybridized carbons (Fsp3) is 1.00. The summed E-state index contributed by atoms with van der Waals surface area (Å²) >= 11 is 0. The molecule has 1 heterocycles. The molecule has 21 heavy (non-hydrogen) atoms. The SMILES string of the molecule is C1CCC(N2CN(C3CCCC3)CN(C3CCCC3)C2)C1. The molecule has 0 aromatic carbocycles. The Morgan fingerprint density at radius 1 is 0.381 bits per heavy atom. The van der Waals surface area contributed by atoms with Gasteiger partial charge in [-0.1, -0.05) is 38.5 Å². The quantitative estimate of drug-likeness (QED) is 0.786. The smallest absolute Gasteiger partial charge is 0.0535 e. The molecule has 0 unspecified atom stereocenters. The Labute approximate surface area is 130 Å². The van der Waals surface area contributed by atoms with Crippen LogP contribution in [0.25, 0.3) is 0 Å². The predicted molar refractivity (Wildman–Crippen MR) is 86.9 cm³/mol. The lowest BCUT2D eigenvalue weighted by Crippen LogP contribution is -2.61. The molecule has 4 fully saturated rings. The minimum atomic E-state index is 0.887. The first-order chi connectivity index (χ1) is 10.4. The molecule has 1 saturated heterocycles. The third kappa shape index (κ3) is 3.16. The van der Waals surface area contributed by atoms with E-state index in [4.69, 9.17) is 0 Å². The molecule has 3 nitrogen and oxygen atoms in total. The average Bonchev–Trinajstić information content (AvgIpc) is 3.29. The summed E-state index contributed by atoms with van der Waals surface area (Å²) in [6, 6.07) is 2.66. The van der Waals surface area contributed by atoms with Gasteiger partial charge in [0.2, 0.25) is 0 Å². The molecule has 0 aromatic rings. The molecule has 4 aliphatic rings. The molecule has 0 N–H and O–H groups in total. The maximum atomic E-state index is 2.84. The lowest BCUT2D eigenvalue weighted by molar-refractivity contribution is -0.0827. The molecule has 3 saturated carbocycles. The third-order valence-electron chi connectivity index (χ3n) is 6.61. The van der Waals surface area contributed by atoms with Crippen molar-refractivity contribution in [2.24, 2.45) is 0 Å². The monoisotopic (exact) mass is 291 g/mol. The van der Waals surface area contributed by atoms with Crippen LogP contribution in [0.15, 0.2) is 0 Å². The second-order valence-corrected chi connectivity index (χ2v) is 8.01. The van der Waals surface area contributed by atoms with Gasteiger partial charge in [-0.25, -0.2) is 0 Å². The minimum Gasteiger partial charge on any atom is -0.274 e. The van der Waals surface area contributed by atoms with Gasteiger partial charge >= 0.3 is 0 Å². The fourth-order valence-electron chi connectivity index (χ4n) is 5.34. The van der Waals surface area contributed by atoms with Crippen molar-refractivity contribution < 1.29 is 0 Å². The Kier molecular flexibility index (Phi) is 4.52. The molecule has 120 valence electrons. The first kappa shape index (κ1) is 14.5. The Bertz CT molecular complexity index is 269. The zero-order chi connectivity index (χ0) is 14.1. The number of hydrogen-bond acceptors (Lipinski definition) is 3. The Hall–Kier alpha value is -0.120. The van der Waals surface area contributed by atoms with Crippen molar-refractivity contribution in [3.8, 4) is 0 Å². The van der Waals surface area contributed by atoms with Gasteiger partial charge in [-0.05, 0) is 38.5 Å². The zero-order valence-corrected chi connectivity index (χ0v) is 13.7. The van der Waals surface area contributed by atoms with E-state index < -0.39 is 0 Å². The van der Waals surface area contributed by atoms with E-state index in [1.54, 1.807) is 0 Å². The van der Waals surface area contributed by atoms with E-state index in [9.17, 15) is 0 Å². The van der Waals surface area contributed by atoms with Crippen LogP contribution in [0.4, 0.5) is 0 Å². The van der Waals surface area contributed by atoms with Gasteiger partial charge in [0, 0.05) is 18.1 Å². The van der Waals surface area contributed by atoms with Gasteiger partial charge in [0.1, 0.15) is 0 Å². The molecule has 1 aliphatic heterocycles. The van der Waals surface area contributed by atoms with Gasteiger partial charge in [-0.15, -0.1) is 0 Å². The highest BCUT2D eigenvalue weighted by Crippen LogP contribution is 2.32. The van der Waals surface area contributed by atoms with Gasteiger partial charge in [0.25, 0.3) is 0 Å². The highest BCUT2D eigenvalue weighted by atomic mass is 15.5. The zero-order valence-electron chi connectivity index (χ0n) is 13.7. The van der Waals surface area contributed by atoms with Crippen molar-refractivity contribution in [1.29, 1.82) is 0 Å². The summed E-state index contributed by atoms with van der Waals surface area (Å²) in [6.07, 6.45) is 17.5. The second kappa shape index (κ2) is 6.55. The number of hydrogen-bond donors (Lipinski definition) is 0. The van der Waals surface area contributed by atoms with Gasteiger partial charge in [-0.3, -0.25) is 14.7 Å². The van der Waals surface area contributed by atoms with Crippen LogP contribution in [0.3, 0.4) is 0 Å². The molecular weight excluding hydrogens is 258 g/mol. The normalized spacial score (nSPS) is 32.6. The summed E-state index contributed by atoms with van der Waals surface area (Å²) < 4.78 is 0. The maximum Gasteiger partial charge on any atom is 0.0535 e. The first-order valence-corrected chi connectivity index (χ1v) is 9.62. The largest absolute Gasteiger partial charge is 0.274 e. The summed E-state index contributed by atoms with van der Waals surface area (Å²) in [5.74, 6) is 0. The molecule has 0 atom stereocenters. The van der Waals surface area contributed by atoms with E-state index in [0.29, 0.717) is 0 Å². The lowest BCUT2D eigenvalue weighted by Gasteiger charge is -2.48. The van der Waals surface area contributed by atoms with E-state index >= 15 is 0 Å². The Balaban J connectivity index is 1.45. The van der Waals surface area contributed by atoms with Crippen molar-refractivity contribution in [2.45, 2.75) is 95.2 Å². The number of nitrogens with zero attached hydrogens (tertiary/aromatic N) is 3. The molecule has 0 amide bonds. The van der Waals surface area contributed by atoms with Gasteiger partial charge < -0.3 is 0 Å². The van der Waals surface area contributed by atoms with Gasteiger partial charge in [-0.2, -0.15) is 0 Å². The summed E-state index contributed by atoms with van der Waals surface area (Å²) in [5, 5.41) is 0. The van der Waals surface area contributed by atoms with E-state index in [-0.39, 0.29) is 0 Å². The molecular formula is C18H33N3. The third-order valence-corrected chi connectivity index (χ3v) is 6.61. The van der Waals surface area contributed by atoms with Crippen LogP contribution >= 0.6 is 0 Å². The van der Waals surface area contributed by atoms with Gasteiger partial charge in [0.05, 0.1) is 20.0 Å². The van der Waals surface area contributed by atoms with Crippen LogP contribution in [0, 0.1) is 0 Å². The van der Waals surface area contributed by atoms with Crippen molar-refractivity contribution in [3.63, 3.8) is 0 Å². The van der Waals surface area contributed by atoms with Crippen molar-refractivity contribution in [2.75, 3.05) is 20.0 Å². The standard InChI is InChI=1S/C18H33N3/c1-2-8-16(7-1)19-13-20(17-9-3-4-10-17)15-21(14-19)18-11-5-6-12-18/h16-18H,1-15H2. The van der Waals surface area contributed by atoms with Gasteiger partial charge in [0.15, 0.2) is 0 Å².